The molecule has 7 heteroatoms. The number of nitrogens with zero attached hydrogens (tertiary/aromatic N) is 4. The zero-order chi connectivity index (χ0) is 15.5. The maximum Gasteiger partial charge on any atom is 0.329 e. The molecular formula is C14H19N5O2. The molecule has 1 N–H and O–H groups in total. The highest BCUT2D eigenvalue weighted by Crippen LogP contribution is 2.21. The van der Waals surface area contributed by atoms with Gasteiger partial charge in [0.2, 0.25) is 5.78 Å². The van der Waals surface area contributed by atoms with Crippen molar-refractivity contribution in [1.29, 1.82) is 0 Å². The number of hydrogen-bond acceptors (Lipinski definition) is 3. The summed E-state index contributed by atoms with van der Waals surface area (Å²) >= 11 is 0. The summed E-state index contributed by atoms with van der Waals surface area (Å²) in [5.74, 6) is 1.17. The van der Waals surface area contributed by atoms with Crippen LogP contribution in [0.4, 0.5) is 0 Å². The van der Waals surface area contributed by atoms with Gasteiger partial charge in [0.25, 0.3) is 5.56 Å². The molecule has 0 atom stereocenters. The van der Waals surface area contributed by atoms with Crippen LogP contribution in [0.15, 0.2) is 9.59 Å². The minimum atomic E-state index is -0.446. The number of nitrogens with one attached hydrogen (secondary N) is 1. The molecule has 0 radical (unpaired) electrons. The third-order valence-electron chi connectivity index (χ3n) is 3.95. The van der Waals surface area contributed by atoms with Crippen LogP contribution in [0.2, 0.25) is 0 Å². The van der Waals surface area contributed by atoms with Crippen molar-refractivity contribution >= 4 is 16.9 Å². The largest absolute Gasteiger partial charge is 0.329 e. The predicted molar refractivity (Wildman–Crippen MR) is 80.9 cm³/mol. The maximum atomic E-state index is 12.2. The summed E-state index contributed by atoms with van der Waals surface area (Å²) in [4.78, 5) is 30.8. The minimum Gasteiger partial charge on any atom is -0.314 e. The third kappa shape index (κ3) is 1.76. The standard InChI is InChI=1S/C14H19N5O2/c1-7(2)6-18-8(3)9(4)19-10-11(15-13(18)19)17(5)14(21)16-12(10)20/h7H,6H2,1-5H3,(H,16,20,21). The molecule has 0 spiro atoms. The van der Waals surface area contributed by atoms with Gasteiger partial charge in [0.1, 0.15) is 0 Å². The third-order valence-corrected chi connectivity index (χ3v) is 3.95. The van der Waals surface area contributed by atoms with Crippen LogP contribution in [-0.4, -0.2) is 23.5 Å². The lowest BCUT2D eigenvalue weighted by molar-refractivity contribution is 0.524. The Morgan fingerprint density at radius 2 is 1.86 bits per heavy atom. The SMILES string of the molecule is Cc1c(C)n2c3c(=O)[nH]c(=O)n(C)c3nc2n1CC(C)C. The number of aromatic nitrogens is 5. The monoisotopic (exact) mass is 289 g/mol. The number of imidazole rings is 2. The molecule has 0 aliphatic rings. The Morgan fingerprint density at radius 3 is 2.48 bits per heavy atom. The molecular weight excluding hydrogens is 270 g/mol. The minimum absolute atomic E-state index is 0.398. The van der Waals surface area contributed by atoms with Crippen LogP contribution < -0.4 is 11.2 Å². The number of fused-ring (bicyclic) bond motifs is 3. The van der Waals surface area contributed by atoms with Crippen molar-refractivity contribution in [2.45, 2.75) is 34.2 Å². The van der Waals surface area contributed by atoms with Gasteiger partial charge >= 0.3 is 5.69 Å². The molecule has 0 aromatic carbocycles. The van der Waals surface area contributed by atoms with Crippen LogP contribution >= 0.6 is 0 Å². The van der Waals surface area contributed by atoms with E-state index in [2.05, 4.69) is 28.4 Å². The van der Waals surface area contributed by atoms with Crippen LogP contribution in [-0.2, 0) is 13.6 Å². The van der Waals surface area contributed by atoms with E-state index in [1.165, 1.54) is 4.57 Å². The molecule has 0 saturated carbocycles. The number of aryl methyl sites for hydroxylation is 2. The summed E-state index contributed by atoms with van der Waals surface area (Å²) in [6.45, 7) is 9.07. The lowest BCUT2D eigenvalue weighted by Gasteiger charge is -2.08. The van der Waals surface area contributed by atoms with E-state index in [-0.39, 0.29) is 0 Å². The van der Waals surface area contributed by atoms with E-state index < -0.39 is 11.2 Å². The normalized spacial score (nSPS) is 12.1. The Balaban J connectivity index is 2.55. The summed E-state index contributed by atoms with van der Waals surface area (Å²) in [5, 5.41) is 0. The van der Waals surface area contributed by atoms with Crippen LogP contribution in [0.3, 0.4) is 0 Å². The van der Waals surface area contributed by atoms with Crippen molar-refractivity contribution < 1.29 is 0 Å². The Labute approximate surface area is 120 Å². The van der Waals surface area contributed by atoms with Gasteiger partial charge in [-0.1, -0.05) is 13.8 Å². The topological polar surface area (TPSA) is 77.1 Å². The lowest BCUT2D eigenvalue weighted by atomic mass is 10.2. The first-order valence-corrected chi connectivity index (χ1v) is 7.00. The molecule has 7 nitrogen and oxygen atoms in total. The molecule has 112 valence electrons. The molecule has 0 aliphatic heterocycles. The van der Waals surface area contributed by atoms with Crippen LogP contribution in [0.5, 0.6) is 0 Å². The van der Waals surface area contributed by atoms with Crippen LogP contribution in [0.1, 0.15) is 25.2 Å². The molecule has 3 aromatic heterocycles. The number of aromatic amines is 1. The predicted octanol–water partition coefficient (Wildman–Crippen LogP) is 0.949. The quantitative estimate of drug-likeness (QED) is 0.763. The summed E-state index contributed by atoms with van der Waals surface area (Å²) in [7, 11) is 1.61. The summed E-state index contributed by atoms with van der Waals surface area (Å²) in [6.07, 6.45) is 0. The van der Waals surface area contributed by atoms with Crippen LogP contribution in [0.25, 0.3) is 16.9 Å². The fourth-order valence-electron chi connectivity index (χ4n) is 2.76. The highest BCUT2D eigenvalue weighted by molar-refractivity contribution is 5.76. The van der Waals surface area contributed by atoms with E-state index in [4.69, 9.17) is 0 Å². The second-order valence-corrected chi connectivity index (χ2v) is 5.91. The second kappa shape index (κ2) is 4.34. The van der Waals surface area contributed by atoms with E-state index in [1.807, 2.05) is 18.2 Å². The molecule has 0 unspecified atom stereocenters. The van der Waals surface area contributed by atoms with Crippen molar-refractivity contribution in [3.05, 3.63) is 32.2 Å². The van der Waals surface area contributed by atoms with Crippen molar-refractivity contribution in [2.24, 2.45) is 13.0 Å². The highest BCUT2D eigenvalue weighted by atomic mass is 16.2. The summed E-state index contributed by atoms with van der Waals surface area (Å²) < 4.78 is 5.31. The Bertz CT molecular complexity index is 967. The van der Waals surface area contributed by atoms with Gasteiger partial charge in [0.05, 0.1) is 0 Å². The van der Waals surface area contributed by atoms with Crippen LogP contribution in [0, 0.1) is 19.8 Å². The van der Waals surface area contributed by atoms with E-state index >= 15 is 0 Å². The van der Waals surface area contributed by atoms with Gasteiger partial charge in [-0.2, -0.15) is 4.98 Å². The van der Waals surface area contributed by atoms with E-state index in [0.717, 1.165) is 17.9 Å². The molecule has 0 bridgehead atoms. The molecule has 3 heterocycles. The first-order valence-electron chi connectivity index (χ1n) is 7.00. The Kier molecular flexibility index (Phi) is 2.82. The average Bonchev–Trinajstić information content (AvgIpc) is 2.89. The molecule has 0 amide bonds. The molecule has 21 heavy (non-hydrogen) atoms. The molecule has 3 aromatic rings. The smallest absolute Gasteiger partial charge is 0.314 e. The van der Waals surface area contributed by atoms with E-state index in [0.29, 0.717) is 22.9 Å². The summed E-state index contributed by atoms with van der Waals surface area (Å²) in [5.41, 5.74) is 2.05. The Hall–Kier alpha value is -2.31. The fraction of sp³-hybridized carbons (Fsp3) is 0.500. The zero-order valence-corrected chi connectivity index (χ0v) is 12.9. The molecule has 0 fully saturated rings. The Morgan fingerprint density at radius 1 is 1.19 bits per heavy atom. The number of rotatable bonds is 2. The first kappa shape index (κ1) is 13.7. The van der Waals surface area contributed by atoms with Crippen molar-refractivity contribution in [2.75, 3.05) is 0 Å². The first-order chi connectivity index (χ1) is 9.82. The second-order valence-electron chi connectivity index (χ2n) is 5.91. The average molecular weight is 289 g/mol. The zero-order valence-electron chi connectivity index (χ0n) is 12.9. The number of hydrogen-bond donors (Lipinski definition) is 1. The van der Waals surface area contributed by atoms with E-state index in [1.54, 1.807) is 7.05 Å². The van der Waals surface area contributed by atoms with Crippen molar-refractivity contribution in [3.8, 4) is 0 Å². The fourth-order valence-corrected chi connectivity index (χ4v) is 2.76. The molecule has 0 aliphatic carbocycles. The molecule has 3 rings (SSSR count). The number of H-pyrrole nitrogens is 1. The van der Waals surface area contributed by atoms with Crippen molar-refractivity contribution in [1.82, 2.24) is 23.5 Å². The van der Waals surface area contributed by atoms with Gasteiger partial charge in [0.15, 0.2) is 11.2 Å². The van der Waals surface area contributed by atoms with Gasteiger partial charge in [-0.3, -0.25) is 18.7 Å². The molecule has 0 saturated heterocycles. The maximum absolute atomic E-state index is 12.2. The lowest BCUT2D eigenvalue weighted by Crippen LogP contribution is -2.28. The van der Waals surface area contributed by atoms with Gasteiger partial charge in [-0.15, -0.1) is 0 Å². The van der Waals surface area contributed by atoms with Gasteiger partial charge in [0, 0.05) is 25.0 Å². The van der Waals surface area contributed by atoms with Crippen molar-refractivity contribution in [3.63, 3.8) is 0 Å². The van der Waals surface area contributed by atoms with Gasteiger partial charge < -0.3 is 4.57 Å². The van der Waals surface area contributed by atoms with E-state index in [9.17, 15) is 9.59 Å². The highest BCUT2D eigenvalue weighted by Gasteiger charge is 2.20. The summed E-state index contributed by atoms with van der Waals surface area (Å²) in [6, 6.07) is 0. The van der Waals surface area contributed by atoms with Gasteiger partial charge in [-0.25, -0.2) is 4.79 Å². The van der Waals surface area contributed by atoms with Gasteiger partial charge in [-0.05, 0) is 19.8 Å².